The molecule has 0 atom stereocenters. The van der Waals surface area contributed by atoms with Crippen molar-refractivity contribution in [2.45, 2.75) is 58.4 Å². The van der Waals surface area contributed by atoms with Crippen LogP contribution in [0.25, 0.3) is 16.9 Å². The molecule has 0 radical (unpaired) electrons. The van der Waals surface area contributed by atoms with Crippen LogP contribution >= 0.6 is 0 Å². The SMILES string of the molecule is Cc1cn2nc(-c3ccc4c(c3)CCN(C3CCCCC3)C4=O)cc(C)c2n1. The van der Waals surface area contributed by atoms with Gasteiger partial charge in [-0.05, 0) is 62.4 Å². The van der Waals surface area contributed by atoms with Crippen molar-refractivity contribution < 1.29 is 4.79 Å². The average molecular weight is 374 g/mol. The molecule has 2 aliphatic rings. The number of hydrogen-bond donors (Lipinski definition) is 0. The molecule has 3 heterocycles. The fourth-order valence-corrected chi connectivity index (χ4v) is 4.79. The van der Waals surface area contributed by atoms with Gasteiger partial charge in [-0.3, -0.25) is 4.79 Å². The van der Waals surface area contributed by atoms with Crippen LogP contribution in [0.1, 0.15) is 59.3 Å². The second kappa shape index (κ2) is 6.73. The van der Waals surface area contributed by atoms with Crippen molar-refractivity contribution in [2.75, 3.05) is 6.54 Å². The van der Waals surface area contributed by atoms with Crippen molar-refractivity contribution in [3.63, 3.8) is 0 Å². The van der Waals surface area contributed by atoms with E-state index in [-0.39, 0.29) is 5.91 Å². The summed E-state index contributed by atoms with van der Waals surface area (Å²) in [5.41, 5.74) is 6.98. The maximum Gasteiger partial charge on any atom is 0.254 e. The first-order valence-corrected chi connectivity index (χ1v) is 10.4. The summed E-state index contributed by atoms with van der Waals surface area (Å²) in [6.07, 6.45) is 9.01. The number of aromatic nitrogens is 3. The maximum atomic E-state index is 13.1. The van der Waals surface area contributed by atoms with Gasteiger partial charge in [-0.1, -0.05) is 25.3 Å². The van der Waals surface area contributed by atoms with Crippen LogP contribution in [0, 0.1) is 13.8 Å². The van der Waals surface area contributed by atoms with Gasteiger partial charge >= 0.3 is 0 Å². The van der Waals surface area contributed by atoms with E-state index in [0.717, 1.165) is 65.1 Å². The topological polar surface area (TPSA) is 50.5 Å². The molecule has 3 aromatic rings. The molecule has 0 unspecified atom stereocenters. The van der Waals surface area contributed by atoms with Crippen molar-refractivity contribution in [1.29, 1.82) is 0 Å². The van der Waals surface area contributed by atoms with E-state index >= 15 is 0 Å². The second-order valence-electron chi connectivity index (χ2n) is 8.28. The van der Waals surface area contributed by atoms with Crippen LogP contribution < -0.4 is 0 Å². The number of nitrogens with zero attached hydrogens (tertiary/aromatic N) is 4. The molecule has 1 fully saturated rings. The third-order valence-electron chi connectivity index (χ3n) is 6.26. The van der Waals surface area contributed by atoms with E-state index in [1.54, 1.807) is 0 Å². The van der Waals surface area contributed by atoms with Gasteiger partial charge in [0, 0.05) is 23.7 Å². The quantitative estimate of drug-likeness (QED) is 0.670. The standard InChI is InChI=1S/C23H26N4O/c1-15-12-21(25-27-14-16(2)24-22(15)27)18-8-9-20-17(13-18)10-11-26(23(20)28)19-6-4-3-5-7-19/h8-9,12-14,19H,3-7,10-11H2,1-2H3. The van der Waals surface area contributed by atoms with E-state index in [4.69, 9.17) is 5.10 Å². The number of rotatable bonds is 2. The molecular weight excluding hydrogens is 348 g/mol. The van der Waals surface area contributed by atoms with Crippen LogP contribution in [0.3, 0.4) is 0 Å². The zero-order valence-electron chi connectivity index (χ0n) is 16.6. The Hall–Kier alpha value is -2.69. The number of carbonyl (C=O) groups is 1. The van der Waals surface area contributed by atoms with Crippen LogP contribution in [-0.2, 0) is 6.42 Å². The number of aryl methyl sites for hydroxylation is 2. The molecule has 1 aliphatic carbocycles. The first kappa shape index (κ1) is 17.4. The fraction of sp³-hybridized carbons (Fsp3) is 0.435. The average Bonchev–Trinajstić information content (AvgIpc) is 3.09. The van der Waals surface area contributed by atoms with Crippen LogP contribution in [0.2, 0.25) is 0 Å². The molecule has 1 aromatic carbocycles. The Bertz CT molecular complexity index is 1060. The van der Waals surface area contributed by atoms with E-state index in [1.807, 2.05) is 29.8 Å². The molecule has 2 aromatic heterocycles. The van der Waals surface area contributed by atoms with Crippen molar-refractivity contribution in [1.82, 2.24) is 19.5 Å². The minimum Gasteiger partial charge on any atom is -0.335 e. The lowest BCUT2D eigenvalue weighted by Gasteiger charge is -2.37. The Morgan fingerprint density at radius 3 is 2.71 bits per heavy atom. The summed E-state index contributed by atoms with van der Waals surface area (Å²) >= 11 is 0. The van der Waals surface area contributed by atoms with E-state index in [2.05, 4.69) is 28.9 Å². The van der Waals surface area contributed by atoms with Crippen molar-refractivity contribution in [2.24, 2.45) is 0 Å². The van der Waals surface area contributed by atoms with Crippen molar-refractivity contribution in [3.8, 4) is 11.3 Å². The highest BCUT2D eigenvalue weighted by Gasteiger charge is 2.30. The van der Waals surface area contributed by atoms with E-state index in [0.29, 0.717) is 6.04 Å². The van der Waals surface area contributed by atoms with E-state index in [9.17, 15) is 4.79 Å². The summed E-state index contributed by atoms with van der Waals surface area (Å²) in [5.74, 6) is 0.213. The Balaban J connectivity index is 1.48. The minimum absolute atomic E-state index is 0.213. The first-order valence-electron chi connectivity index (χ1n) is 10.4. The second-order valence-corrected chi connectivity index (χ2v) is 8.28. The zero-order valence-corrected chi connectivity index (χ0v) is 16.6. The third-order valence-corrected chi connectivity index (χ3v) is 6.26. The summed E-state index contributed by atoms with van der Waals surface area (Å²) in [5, 5.41) is 4.74. The van der Waals surface area contributed by atoms with Gasteiger partial charge in [0.1, 0.15) is 0 Å². The van der Waals surface area contributed by atoms with Crippen LogP contribution in [0.15, 0.2) is 30.5 Å². The molecule has 0 saturated heterocycles. The molecule has 0 bridgehead atoms. The van der Waals surface area contributed by atoms with E-state index in [1.165, 1.54) is 19.3 Å². The van der Waals surface area contributed by atoms with Gasteiger partial charge < -0.3 is 4.90 Å². The minimum atomic E-state index is 0.213. The maximum absolute atomic E-state index is 13.1. The summed E-state index contributed by atoms with van der Waals surface area (Å²) in [6.45, 7) is 4.89. The van der Waals surface area contributed by atoms with Crippen LogP contribution in [0.4, 0.5) is 0 Å². The smallest absolute Gasteiger partial charge is 0.254 e. The molecule has 28 heavy (non-hydrogen) atoms. The number of fused-ring (bicyclic) bond motifs is 2. The fourth-order valence-electron chi connectivity index (χ4n) is 4.79. The molecule has 5 rings (SSSR count). The monoisotopic (exact) mass is 374 g/mol. The van der Waals surface area contributed by atoms with Gasteiger partial charge in [0.2, 0.25) is 0 Å². The predicted octanol–water partition coefficient (Wildman–Crippen LogP) is 4.34. The summed E-state index contributed by atoms with van der Waals surface area (Å²) in [7, 11) is 0. The van der Waals surface area contributed by atoms with Gasteiger partial charge in [0.25, 0.3) is 5.91 Å². The highest BCUT2D eigenvalue weighted by molar-refractivity contribution is 5.97. The summed E-state index contributed by atoms with van der Waals surface area (Å²) in [6, 6.07) is 8.72. The highest BCUT2D eigenvalue weighted by atomic mass is 16.2. The number of carbonyl (C=O) groups excluding carboxylic acids is 1. The third kappa shape index (κ3) is 2.89. The Morgan fingerprint density at radius 2 is 1.89 bits per heavy atom. The Kier molecular flexibility index (Phi) is 4.18. The molecule has 1 aliphatic heterocycles. The zero-order chi connectivity index (χ0) is 19.3. The molecule has 0 N–H and O–H groups in total. The molecular formula is C23H26N4O. The number of amides is 1. The molecule has 144 valence electrons. The summed E-state index contributed by atoms with van der Waals surface area (Å²) in [4.78, 5) is 19.8. The first-order chi connectivity index (χ1) is 13.6. The Labute approximate surface area is 165 Å². The van der Waals surface area contributed by atoms with Crippen LogP contribution in [-0.4, -0.2) is 38.0 Å². The summed E-state index contributed by atoms with van der Waals surface area (Å²) < 4.78 is 1.86. The number of benzene rings is 1. The van der Waals surface area contributed by atoms with E-state index < -0.39 is 0 Å². The highest BCUT2D eigenvalue weighted by Crippen LogP contribution is 2.30. The normalized spacial score (nSPS) is 17.9. The Morgan fingerprint density at radius 1 is 1.07 bits per heavy atom. The van der Waals surface area contributed by atoms with Crippen molar-refractivity contribution in [3.05, 3.63) is 52.8 Å². The van der Waals surface area contributed by atoms with Gasteiger partial charge in [-0.2, -0.15) is 5.10 Å². The number of hydrogen-bond acceptors (Lipinski definition) is 3. The van der Waals surface area contributed by atoms with Gasteiger partial charge in [-0.25, -0.2) is 9.50 Å². The predicted molar refractivity (Wildman–Crippen MR) is 110 cm³/mol. The lowest BCUT2D eigenvalue weighted by molar-refractivity contribution is 0.0615. The number of imidazole rings is 1. The largest absolute Gasteiger partial charge is 0.335 e. The van der Waals surface area contributed by atoms with Crippen LogP contribution in [0.5, 0.6) is 0 Å². The lowest BCUT2D eigenvalue weighted by atomic mass is 9.90. The van der Waals surface area contributed by atoms with Gasteiger partial charge in [-0.15, -0.1) is 0 Å². The molecule has 0 spiro atoms. The molecule has 1 amide bonds. The molecule has 1 saturated carbocycles. The van der Waals surface area contributed by atoms with Gasteiger partial charge in [0.15, 0.2) is 5.65 Å². The van der Waals surface area contributed by atoms with Gasteiger partial charge in [0.05, 0.1) is 17.6 Å². The molecule has 5 heteroatoms. The van der Waals surface area contributed by atoms with Crippen molar-refractivity contribution >= 4 is 11.6 Å². The lowest BCUT2D eigenvalue weighted by Crippen LogP contribution is -2.45. The molecule has 5 nitrogen and oxygen atoms in total.